The van der Waals surface area contributed by atoms with Crippen molar-refractivity contribution in [2.75, 3.05) is 19.6 Å². The molecule has 2 N–H and O–H groups in total. The van der Waals surface area contributed by atoms with E-state index in [1.165, 1.54) is 6.42 Å². The summed E-state index contributed by atoms with van der Waals surface area (Å²) in [6.45, 7) is 14.6. The van der Waals surface area contributed by atoms with Gasteiger partial charge in [-0.15, -0.1) is 0 Å². The van der Waals surface area contributed by atoms with E-state index in [-0.39, 0.29) is 0 Å². The van der Waals surface area contributed by atoms with Gasteiger partial charge >= 0.3 is 0 Å². The predicted octanol–water partition coefficient (Wildman–Crippen LogP) is 2.26. The molecule has 2 unspecified atom stereocenters. The molecule has 0 saturated heterocycles. The van der Waals surface area contributed by atoms with Crippen molar-refractivity contribution in [2.45, 2.75) is 47.1 Å². The summed E-state index contributed by atoms with van der Waals surface area (Å²) in [5, 5.41) is 6.93. The van der Waals surface area contributed by atoms with Crippen molar-refractivity contribution in [3.05, 3.63) is 0 Å². The third-order valence-electron chi connectivity index (χ3n) is 2.91. The normalized spacial score (nSPS) is 15.9. The van der Waals surface area contributed by atoms with Gasteiger partial charge in [0.1, 0.15) is 0 Å². The fraction of sp³-hybridized carbons (Fsp3) is 1.00. The van der Waals surface area contributed by atoms with Crippen molar-refractivity contribution in [1.82, 2.24) is 10.6 Å². The second-order valence-electron chi connectivity index (χ2n) is 4.67. The van der Waals surface area contributed by atoms with Gasteiger partial charge in [-0.3, -0.25) is 0 Å². The lowest BCUT2D eigenvalue weighted by atomic mass is 9.98. The van der Waals surface area contributed by atoms with Crippen LogP contribution in [0, 0.1) is 11.8 Å². The number of nitrogens with one attached hydrogen (secondary N) is 2. The fourth-order valence-corrected chi connectivity index (χ4v) is 1.33. The molecule has 0 bridgehead atoms. The maximum atomic E-state index is 3.52. The molecule has 0 aromatic carbocycles. The number of hydrogen-bond acceptors (Lipinski definition) is 2. The largest absolute Gasteiger partial charge is 0.316 e. The molecule has 0 amide bonds. The summed E-state index contributed by atoms with van der Waals surface area (Å²) in [7, 11) is 0. The van der Waals surface area contributed by atoms with Crippen molar-refractivity contribution >= 4 is 0 Å². The van der Waals surface area contributed by atoms with Gasteiger partial charge in [-0.2, -0.15) is 0 Å². The monoisotopic (exact) mass is 200 g/mol. The van der Waals surface area contributed by atoms with E-state index in [1.54, 1.807) is 0 Å². The third-order valence-corrected chi connectivity index (χ3v) is 2.91. The molecule has 86 valence electrons. The molecule has 2 heteroatoms. The molecule has 0 rings (SSSR count). The molecule has 14 heavy (non-hydrogen) atoms. The molecule has 0 heterocycles. The van der Waals surface area contributed by atoms with E-state index in [0.29, 0.717) is 6.04 Å². The van der Waals surface area contributed by atoms with Crippen LogP contribution in [0.5, 0.6) is 0 Å². The molecule has 0 radical (unpaired) electrons. The third kappa shape index (κ3) is 7.34. The van der Waals surface area contributed by atoms with Gasteiger partial charge in [-0.1, -0.05) is 27.7 Å². The SMILES string of the molecule is CCNC(C)CCNCC(C)C(C)C. The summed E-state index contributed by atoms with van der Waals surface area (Å²) < 4.78 is 0. The van der Waals surface area contributed by atoms with Crippen molar-refractivity contribution in [1.29, 1.82) is 0 Å². The molecule has 0 aliphatic rings. The Morgan fingerprint density at radius 2 is 1.71 bits per heavy atom. The van der Waals surface area contributed by atoms with E-state index < -0.39 is 0 Å². The van der Waals surface area contributed by atoms with Crippen LogP contribution in [0.4, 0.5) is 0 Å². The van der Waals surface area contributed by atoms with Gasteiger partial charge in [0.15, 0.2) is 0 Å². The summed E-state index contributed by atoms with van der Waals surface area (Å²) >= 11 is 0. The minimum atomic E-state index is 0.641. The van der Waals surface area contributed by atoms with Crippen LogP contribution in [0.2, 0.25) is 0 Å². The Bertz CT molecular complexity index is 123. The first-order valence-corrected chi connectivity index (χ1v) is 6.02. The Kier molecular flexibility index (Phi) is 8.20. The average molecular weight is 200 g/mol. The number of rotatable bonds is 8. The van der Waals surface area contributed by atoms with Crippen molar-refractivity contribution in [2.24, 2.45) is 11.8 Å². The highest BCUT2D eigenvalue weighted by atomic mass is 14.9. The molecule has 0 aliphatic heterocycles. The zero-order valence-electron chi connectivity index (χ0n) is 10.6. The molecule has 0 aromatic heterocycles. The summed E-state index contributed by atoms with van der Waals surface area (Å²) in [5.41, 5.74) is 0. The number of hydrogen-bond donors (Lipinski definition) is 2. The van der Waals surface area contributed by atoms with Crippen molar-refractivity contribution in [3.63, 3.8) is 0 Å². The smallest absolute Gasteiger partial charge is 0.00506 e. The summed E-state index contributed by atoms with van der Waals surface area (Å²) in [6, 6.07) is 0.641. The Balaban J connectivity index is 3.28. The topological polar surface area (TPSA) is 24.1 Å². The van der Waals surface area contributed by atoms with Gasteiger partial charge in [0.05, 0.1) is 0 Å². The summed E-state index contributed by atoms with van der Waals surface area (Å²) in [4.78, 5) is 0. The minimum Gasteiger partial charge on any atom is -0.316 e. The van der Waals surface area contributed by atoms with Gasteiger partial charge in [-0.25, -0.2) is 0 Å². The molecule has 0 aliphatic carbocycles. The fourth-order valence-electron chi connectivity index (χ4n) is 1.33. The lowest BCUT2D eigenvalue weighted by Crippen LogP contribution is -2.32. The van der Waals surface area contributed by atoms with E-state index >= 15 is 0 Å². The van der Waals surface area contributed by atoms with E-state index in [4.69, 9.17) is 0 Å². The van der Waals surface area contributed by atoms with E-state index in [9.17, 15) is 0 Å². The zero-order valence-corrected chi connectivity index (χ0v) is 10.6. The first kappa shape index (κ1) is 13.9. The molecule has 2 nitrogen and oxygen atoms in total. The Hall–Kier alpha value is -0.0800. The molecule has 0 fully saturated rings. The lowest BCUT2D eigenvalue weighted by Gasteiger charge is -2.17. The molecule has 0 saturated carbocycles. The summed E-state index contributed by atoms with van der Waals surface area (Å²) in [5.74, 6) is 1.57. The van der Waals surface area contributed by atoms with E-state index in [1.807, 2.05) is 0 Å². The van der Waals surface area contributed by atoms with Gasteiger partial charge in [0.2, 0.25) is 0 Å². The molecular formula is C12H28N2. The van der Waals surface area contributed by atoms with Crippen LogP contribution in [0.3, 0.4) is 0 Å². The second kappa shape index (κ2) is 8.25. The molecule has 0 aromatic rings. The van der Waals surface area contributed by atoms with E-state index in [0.717, 1.165) is 31.5 Å². The Morgan fingerprint density at radius 3 is 2.21 bits per heavy atom. The van der Waals surface area contributed by atoms with Crippen molar-refractivity contribution in [3.8, 4) is 0 Å². The first-order valence-electron chi connectivity index (χ1n) is 6.02. The molecular weight excluding hydrogens is 172 g/mol. The van der Waals surface area contributed by atoms with Crippen LogP contribution in [-0.2, 0) is 0 Å². The van der Waals surface area contributed by atoms with Crippen LogP contribution < -0.4 is 10.6 Å². The van der Waals surface area contributed by atoms with E-state index in [2.05, 4.69) is 45.3 Å². The zero-order chi connectivity index (χ0) is 11.0. The van der Waals surface area contributed by atoms with Gasteiger partial charge in [0.25, 0.3) is 0 Å². The maximum Gasteiger partial charge on any atom is 0.00506 e. The van der Waals surface area contributed by atoms with Crippen molar-refractivity contribution < 1.29 is 0 Å². The predicted molar refractivity (Wildman–Crippen MR) is 64.6 cm³/mol. The second-order valence-corrected chi connectivity index (χ2v) is 4.67. The average Bonchev–Trinajstić information content (AvgIpc) is 2.12. The highest BCUT2D eigenvalue weighted by molar-refractivity contribution is 4.64. The Morgan fingerprint density at radius 1 is 1.07 bits per heavy atom. The quantitative estimate of drug-likeness (QED) is 0.587. The van der Waals surface area contributed by atoms with Crippen LogP contribution in [0.1, 0.15) is 41.0 Å². The first-order chi connectivity index (χ1) is 6.57. The maximum absolute atomic E-state index is 3.52. The molecule has 2 atom stereocenters. The Labute approximate surface area is 89.9 Å². The lowest BCUT2D eigenvalue weighted by molar-refractivity contribution is 0.385. The highest BCUT2D eigenvalue weighted by Gasteiger charge is 2.06. The summed E-state index contributed by atoms with van der Waals surface area (Å²) in [6.07, 6.45) is 1.22. The highest BCUT2D eigenvalue weighted by Crippen LogP contribution is 2.07. The minimum absolute atomic E-state index is 0.641. The van der Waals surface area contributed by atoms with Crippen LogP contribution in [-0.4, -0.2) is 25.7 Å². The van der Waals surface area contributed by atoms with Crippen LogP contribution in [0.15, 0.2) is 0 Å². The van der Waals surface area contributed by atoms with Gasteiger partial charge < -0.3 is 10.6 Å². The molecule has 0 spiro atoms. The standard InChI is InChI=1S/C12H28N2/c1-6-14-12(5)7-8-13-9-11(4)10(2)3/h10-14H,6-9H2,1-5H3. The van der Waals surface area contributed by atoms with Gasteiger partial charge in [-0.05, 0) is 44.8 Å². The van der Waals surface area contributed by atoms with Crippen LogP contribution in [0.25, 0.3) is 0 Å². The van der Waals surface area contributed by atoms with Crippen LogP contribution >= 0.6 is 0 Å². The van der Waals surface area contributed by atoms with Gasteiger partial charge in [0, 0.05) is 6.04 Å².